The average Bonchev–Trinajstić information content (AvgIpc) is 3.06. The number of carbonyl (C=O) groups is 1. The molecule has 0 aliphatic carbocycles. The Morgan fingerprint density at radius 1 is 1.50 bits per heavy atom. The van der Waals surface area contributed by atoms with E-state index in [0.717, 1.165) is 16.8 Å². The first-order valence-corrected chi connectivity index (χ1v) is 8.87. The summed E-state index contributed by atoms with van der Waals surface area (Å²) in [6.07, 6.45) is 0.496. The van der Waals surface area contributed by atoms with Crippen LogP contribution >= 0.6 is 0 Å². The molecule has 3 rings (SSSR count). The average molecular weight is 358 g/mol. The van der Waals surface area contributed by atoms with Gasteiger partial charge in [0.2, 0.25) is 11.2 Å². The molecule has 0 spiro atoms. The van der Waals surface area contributed by atoms with Crippen LogP contribution in [0.3, 0.4) is 0 Å². The van der Waals surface area contributed by atoms with E-state index in [9.17, 15) is 18.5 Å². The monoisotopic (exact) mass is 358 g/mol. The van der Waals surface area contributed by atoms with Crippen LogP contribution in [0.2, 0.25) is 0 Å². The van der Waals surface area contributed by atoms with Crippen molar-refractivity contribution in [2.24, 2.45) is 5.92 Å². The maximum Gasteiger partial charge on any atom is 0.253 e. The number of hydrogen-bond acceptors (Lipinski definition) is 5. The van der Waals surface area contributed by atoms with Crippen LogP contribution in [0.4, 0.5) is 15.8 Å². The minimum Gasteiger partial charge on any atom is -0.506 e. The molecule has 4 N–H and O–H groups in total. The predicted octanol–water partition coefficient (Wildman–Crippen LogP) is 0.876. The number of benzene rings is 1. The van der Waals surface area contributed by atoms with Crippen LogP contribution in [0.1, 0.15) is 19.4 Å². The third-order valence-electron chi connectivity index (χ3n) is 3.56. The quantitative estimate of drug-likeness (QED) is 0.644. The van der Waals surface area contributed by atoms with Gasteiger partial charge < -0.3 is 15.7 Å². The zero-order chi connectivity index (χ0) is 17.9. The van der Waals surface area contributed by atoms with Gasteiger partial charge in [0.25, 0.3) is 5.91 Å². The smallest absolute Gasteiger partial charge is 0.253 e. The Balaban J connectivity index is 0.000000301. The lowest BCUT2D eigenvalue weighted by atomic mass is 10.1. The van der Waals surface area contributed by atoms with Crippen molar-refractivity contribution in [2.75, 3.05) is 36.3 Å². The van der Waals surface area contributed by atoms with Crippen molar-refractivity contribution in [2.45, 2.75) is 20.3 Å². The molecule has 1 aromatic carbocycles. The number of nitrogens with one attached hydrogen (secondary N) is 3. The molecule has 2 heterocycles. The van der Waals surface area contributed by atoms with Crippen molar-refractivity contribution in [3.05, 3.63) is 17.4 Å². The first kappa shape index (κ1) is 18.5. The number of phenols is 1. The second-order valence-corrected chi connectivity index (χ2v) is 7.17. The third-order valence-corrected chi connectivity index (χ3v) is 4.68. The molecule has 1 fully saturated rings. The maximum absolute atomic E-state index is 14.3. The lowest BCUT2D eigenvalue weighted by Crippen LogP contribution is -2.24. The fourth-order valence-electron chi connectivity index (χ4n) is 2.57. The molecule has 134 valence electrons. The van der Waals surface area contributed by atoms with Gasteiger partial charge in [0, 0.05) is 23.9 Å². The van der Waals surface area contributed by atoms with Crippen molar-refractivity contribution < 1.29 is 18.5 Å². The molecule has 1 saturated heterocycles. The van der Waals surface area contributed by atoms with Crippen molar-refractivity contribution >= 4 is 28.5 Å². The Labute approximate surface area is 143 Å². The van der Waals surface area contributed by atoms with Gasteiger partial charge in [-0.05, 0) is 25.9 Å². The van der Waals surface area contributed by atoms with Gasteiger partial charge in [-0.2, -0.15) is 0 Å². The molecule has 1 amide bonds. The summed E-state index contributed by atoms with van der Waals surface area (Å²) in [5.41, 5.74) is 0.797. The number of fused-ring (bicyclic) bond motifs is 1. The summed E-state index contributed by atoms with van der Waals surface area (Å²) in [6.45, 7) is 5.87. The van der Waals surface area contributed by atoms with E-state index in [1.54, 1.807) is 0 Å². The summed E-state index contributed by atoms with van der Waals surface area (Å²) in [5.74, 6) is -0.633. The highest BCUT2D eigenvalue weighted by molar-refractivity contribution is 7.85. The van der Waals surface area contributed by atoms with Gasteiger partial charge in [0.15, 0.2) is 5.82 Å². The molecule has 9 heteroatoms. The lowest BCUT2D eigenvalue weighted by Gasteiger charge is -2.17. The van der Waals surface area contributed by atoms with Crippen molar-refractivity contribution in [3.63, 3.8) is 0 Å². The van der Waals surface area contributed by atoms with E-state index in [-0.39, 0.29) is 18.0 Å². The number of carbonyl (C=O) groups excluding carboxylic acids is 1. The van der Waals surface area contributed by atoms with Gasteiger partial charge in [-0.15, -0.1) is 0 Å². The highest BCUT2D eigenvalue weighted by Gasteiger charge is 2.33. The van der Waals surface area contributed by atoms with Crippen molar-refractivity contribution in [1.29, 1.82) is 0 Å². The topological polar surface area (TPSA) is 93.7 Å². The molecule has 0 radical (unpaired) electrons. The molecule has 0 bridgehead atoms. The summed E-state index contributed by atoms with van der Waals surface area (Å²) >= 11 is -1.85. The van der Waals surface area contributed by atoms with Gasteiger partial charge in [0.05, 0.1) is 0 Å². The van der Waals surface area contributed by atoms with Crippen molar-refractivity contribution in [1.82, 2.24) is 10.0 Å². The summed E-state index contributed by atoms with van der Waals surface area (Å²) in [4.78, 5) is 11.1. The molecule has 0 saturated carbocycles. The molecule has 1 aromatic rings. The summed E-state index contributed by atoms with van der Waals surface area (Å²) in [5, 5.41) is 15.8. The van der Waals surface area contributed by atoms with Crippen LogP contribution in [0.15, 0.2) is 6.07 Å². The molecule has 7 nitrogen and oxygen atoms in total. The van der Waals surface area contributed by atoms with E-state index in [4.69, 9.17) is 0 Å². The molecule has 1 atom stereocenters. The molecule has 24 heavy (non-hydrogen) atoms. The Morgan fingerprint density at radius 2 is 2.21 bits per heavy atom. The molecule has 2 aliphatic rings. The zero-order valence-corrected chi connectivity index (χ0v) is 14.8. The Morgan fingerprint density at radius 3 is 2.71 bits per heavy atom. The van der Waals surface area contributed by atoms with Crippen molar-refractivity contribution in [3.8, 4) is 5.75 Å². The third kappa shape index (κ3) is 3.96. The van der Waals surface area contributed by atoms with Gasteiger partial charge >= 0.3 is 0 Å². The first-order chi connectivity index (χ1) is 11.3. The summed E-state index contributed by atoms with van der Waals surface area (Å²) in [6, 6.07) is 1.39. The number of rotatable bonds is 3. The lowest BCUT2D eigenvalue weighted by molar-refractivity contribution is -0.117. The molecule has 1 unspecified atom stereocenters. The van der Waals surface area contributed by atoms with Gasteiger partial charge in [-0.1, -0.05) is 13.8 Å². The van der Waals surface area contributed by atoms with Crippen LogP contribution in [0.25, 0.3) is 0 Å². The van der Waals surface area contributed by atoms with E-state index in [2.05, 4.69) is 29.2 Å². The number of halogens is 1. The minimum absolute atomic E-state index is 0.186. The standard InChI is InChI=1S/C10H10FN3O3S.C5H13N/c11-9-5-1-2-12-6(5)3-7(15)10(9)14-4-8(16)13-18(14)17;1-5(2)4-6-3/h3,12,15H,1-2,4H2,(H,13,16);5-6H,4H2,1-3H3. The predicted molar refractivity (Wildman–Crippen MR) is 92.7 cm³/mol. The SMILES string of the molecule is CNCC(C)C.O=C1CN(c2c(O)cc3c(c2F)CCN3)S(=O)N1. The second kappa shape index (κ2) is 7.80. The van der Waals surface area contributed by atoms with E-state index in [1.807, 2.05) is 7.05 Å². The summed E-state index contributed by atoms with van der Waals surface area (Å²) < 4.78 is 29.0. The fourth-order valence-corrected chi connectivity index (χ4v) is 3.51. The highest BCUT2D eigenvalue weighted by Crippen LogP contribution is 2.40. The van der Waals surface area contributed by atoms with E-state index >= 15 is 0 Å². The highest BCUT2D eigenvalue weighted by atomic mass is 32.2. The van der Waals surface area contributed by atoms with E-state index in [0.29, 0.717) is 24.2 Å². The number of aromatic hydroxyl groups is 1. The van der Waals surface area contributed by atoms with Gasteiger partial charge in [-0.25, -0.2) is 8.60 Å². The Bertz CT molecular complexity index is 654. The van der Waals surface area contributed by atoms with E-state index < -0.39 is 22.9 Å². The van der Waals surface area contributed by atoms with Gasteiger partial charge in [-0.3, -0.25) is 13.8 Å². The van der Waals surface area contributed by atoms with Crippen LogP contribution in [-0.4, -0.2) is 41.9 Å². The largest absolute Gasteiger partial charge is 0.506 e. The van der Waals surface area contributed by atoms with Gasteiger partial charge in [0.1, 0.15) is 18.0 Å². The maximum atomic E-state index is 14.3. The normalized spacial score (nSPS) is 18.8. The van der Waals surface area contributed by atoms with Crippen LogP contribution in [0, 0.1) is 11.7 Å². The number of nitrogens with zero attached hydrogens (tertiary/aromatic N) is 1. The fraction of sp³-hybridized carbons (Fsp3) is 0.533. The number of anilines is 2. The molecular weight excluding hydrogens is 335 g/mol. The summed E-state index contributed by atoms with van der Waals surface area (Å²) in [7, 11) is 1.97. The molecule has 0 aromatic heterocycles. The van der Waals surface area contributed by atoms with Crippen LogP contribution < -0.4 is 19.7 Å². The Hall–Kier alpha value is -1.87. The minimum atomic E-state index is -1.85. The molecular formula is C15H23FN4O3S. The van der Waals surface area contributed by atoms with Crippen LogP contribution in [-0.2, 0) is 22.4 Å². The zero-order valence-electron chi connectivity index (χ0n) is 14.0. The first-order valence-electron chi connectivity index (χ1n) is 7.76. The second-order valence-electron chi connectivity index (χ2n) is 6.02. The number of hydrogen-bond donors (Lipinski definition) is 4. The number of amides is 1. The molecule has 2 aliphatic heterocycles. The Kier molecular flexibility index (Phi) is 6.00. The van der Waals surface area contributed by atoms with Crippen LogP contribution in [0.5, 0.6) is 5.75 Å². The number of phenolic OH excluding ortho intramolecular Hbond substituents is 1. The van der Waals surface area contributed by atoms with E-state index in [1.165, 1.54) is 6.07 Å².